The van der Waals surface area contributed by atoms with Gasteiger partial charge in [0.25, 0.3) is 11.6 Å². The maximum Gasteiger partial charge on any atom is 0.269 e. The largest absolute Gasteiger partial charge is 0.335 e. The molecule has 1 saturated heterocycles. The van der Waals surface area contributed by atoms with Gasteiger partial charge in [-0.05, 0) is 35.7 Å². The predicted octanol–water partition coefficient (Wildman–Crippen LogP) is 5.90. The lowest BCUT2D eigenvalue weighted by molar-refractivity contribution is -0.384. The van der Waals surface area contributed by atoms with E-state index in [2.05, 4.69) is 40.4 Å². The van der Waals surface area contributed by atoms with Crippen LogP contribution in [0, 0.1) is 10.1 Å². The van der Waals surface area contributed by atoms with Crippen LogP contribution >= 0.6 is 0 Å². The first-order valence-electron chi connectivity index (χ1n) is 13.6. The van der Waals surface area contributed by atoms with Gasteiger partial charge in [0, 0.05) is 62.2 Å². The zero-order valence-electron chi connectivity index (χ0n) is 22.6. The van der Waals surface area contributed by atoms with Gasteiger partial charge in [-0.2, -0.15) is 0 Å². The summed E-state index contributed by atoms with van der Waals surface area (Å²) in [7, 11) is 0. The quantitative estimate of drug-likeness (QED) is 0.201. The molecule has 1 unspecified atom stereocenters. The van der Waals surface area contributed by atoms with Crippen LogP contribution in [-0.2, 0) is 13.1 Å². The molecule has 4 aromatic rings. The first kappa shape index (κ1) is 26.6. The lowest BCUT2D eigenvalue weighted by Crippen LogP contribution is -2.61. The van der Waals surface area contributed by atoms with Gasteiger partial charge in [0.1, 0.15) is 0 Å². The Labute approximate surface area is 229 Å². The number of amides is 1. The summed E-state index contributed by atoms with van der Waals surface area (Å²) in [6, 6.07) is 20.7. The number of hydrogen-bond acceptors (Lipinski definition) is 5. The minimum atomic E-state index is -0.381. The van der Waals surface area contributed by atoms with Gasteiger partial charge < -0.3 is 9.47 Å². The molecular formula is C31H35N5O3. The van der Waals surface area contributed by atoms with E-state index in [1.807, 2.05) is 47.8 Å². The van der Waals surface area contributed by atoms with Crippen molar-refractivity contribution in [3.8, 4) is 0 Å². The van der Waals surface area contributed by atoms with Crippen molar-refractivity contribution >= 4 is 22.4 Å². The molecule has 39 heavy (non-hydrogen) atoms. The van der Waals surface area contributed by atoms with E-state index in [0.29, 0.717) is 19.6 Å². The van der Waals surface area contributed by atoms with E-state index >= 15 is 0 Å². The monoisotopic (exact) mass is 525 g/mol. The lowest BCUT2D eigenvalue weighted by Gasteiger charge is -2.49. The number of imidazole rings is 1. The van der Waals surface area contributed by atoms with Crippen LogP contribution in [0.3, 0.4) is 0 Å². The molecule has 1 fully saturated rings. The van der Waals surface area contributed by atoms with Crippen molar-refractivity contribution < 1.29 is 9.72 Å². The minimum absolute atomic E-state index is 0.0900. The molecule has 5 rings (SSSR count). The molecule has 0 radical (unpaired) electrons. The Morgan fingerprint density at radius 1 is 1.03 bits per heavy atom. The van der Waals surface area contributed by atoms with Crippen LogP contribution in [0.1, 0.15) is 54.7 Å². The normalized spacial score (nSPS) is 17.9. The van der Waals surface area contributed by atoms with E-state index in [9.17, 15) is 14.9 Å². The van der Waals surface area contributed by atoms with E-state index < -0.39 is 0 Å². The number of benzene rings is 3. The first-order valence-corrected chi connectivity index (χ1v) is 13.6. The number of hydrogen-bond donors (Lipinski definition) is 0. The second-order valence-corrected chi connectivity index (χ2v) is 10.7. The van der Waals surface area contributed by atoms with Crippen molar-refractivity contribution in [2.45, 2.75) is 51.7 Å². The number of carbonyl (C=O) groups excluding carboxylic acids is 1. The minimum Gasteiger partial charge on any atom is -0.335 e. The number of rotatable bonds is 9. The summed E-state index contributed by atoms with van der Waals surface area (Å²) in [4.78, 5) is 33.3. The molecule has 0 aliphatic carbocycles. The number of nitro groups is 1. The Morgan fingerprint density at radius 3 is 2.56 bits per heavy atom. The number of non-ortho nitro benzene ring substituents is 1. The Balaban J connectivity index is 1.34. The Hall–Kier alpha value is -4.04. The molecule has 8 nitrogen and oxygen atoms in total. The average molecular weight is 526 g/mol. The number of nitrogens with zero attached hydrogens (tertiary/aromatic N) is 5. The second kappa shape index (κ2) is 11.4. The van der Waals surface area contributed by atoms with Crippen LogP contribution in [0.2, 0.25) is 0 Å². The fraction of sp³-hybridized carbons (Fsp3) is 0.355. The Kier molecular flexibility index (Phi) is 7.74. The Bertz CT molecular complexity index is 1460. The highest BCUT2D eigenvalue weighted by Crippen LogP contribution is 2.31. The number of carbonyl (C=O) groups is 1. The topological polar surface area (TPSA) is 84.5 Å². The lowest BCUT2D eigenvalue weighted by atomic mass is 9.89. The summed E-state index contributed by atoms with van der Waals surface area (Å²) in [5.41, 5.74) is 2.76. The van der Waals surface area contributed by atoms with Crippen LogP contribution in [0.15, 0.2) is 79.3 Å². The molecule has 1 aliphatic rings. The van der Waals surface area contributed by atoms with Gasteiger partial charge in [0.05, 0.1) is 16.9 Å². The molecule has 3 aromatic carbocycles. The molecule has 0 N–H and O–H groups in total. The first-order chi connectivity index (χ1) is 18.9. The summed E-state index contributed by atoms with van der Waals surface area (Å²) in [6.45, 7) is 7.92. The standard InChI is InChI=1S/C31H35N5O3/c1-3-4-16-31(2)22-33(30(37)29-11-7-9-25-8-5-6-10-28(25)29)17-18-35(31)21-27-19-32-23-34(27)20-24-12-14-26(15-13-24)36(38)39/h5-15,19,23H,3-4,16-18,20-22H2,1-2H3. The average Bonchev–Trinajstić information content (AvgIpc) is 3.39. The number of piperazine rings is 1. The van der Waals surface area contributed by atoms with Crippen molar-refractivity contribution in [1.82, 2.24) is 19.4 Å². The van der Waals surface area contributed by atoms with Crippen LogP contribution < -0.4 is 0 Å². The van der Waals surface area contributed by atoms with Crippen molar-refractivity contribution in [2.75, 3.05) is 19.6 Å². The molecule has 0 bridgehead atoms. The van der Waals surface area contributed by atoms with Gasteiger partial charge in [-0.25, -0.2) is 4.98 Å². The van der Waals surface area contributed by atoms with E-state index in [4.69, 9.17) is 0 Å². The summed E-state index contributed by atoms with van der Waals surface area (Å²) < 4.78 is 2.11. The highest BCUT2D eigenvalue weighted by atomic mass is 16.6. The molecule has 1 aromatic heterocycles. The fourth-order valence-electron chi connectivity index (χ4n) is 5.66. The molecule has 202 valence electrons. The summed E-state index contributed by atoms with van der Waals surface area (Å²) >= 11 is 0. The van der Waals surface area contributed by atoms with Crippen LogP contribution in [-0.4, -0.2) is 55.4 Å². The van der Waals surface area contributed by atoms with Crippen molar-refractivity contribution in [2.24, 2.45) is 0 Å². The fourth-order valence-corrected chi connectivity index (χ4v) is 5.66. The number of aromatic nitrogens is 2. The number of fused-ring (bicyclic) bond motifs is 1. The van der Waals surface area contributed by atoms with E-state index in [1.54, 1.807) is 24.3 Å². The Morgan fingerprint density at radius 2 is 1.79 bits per heavy atom. The van der Waals surface area contributed by atoms with Crippen LogP contribution in [0.25, 0.3) is 10.8 Å². The van der Waals surface area contributed by atoms with E-state index in [0.717, 1.165) is 59.9 Å². The SMILES string of the molecule is CCCCC1(C)CN(C(=O)c2cccc3ccccc23)CCN1Cc1cncn1Cc1ccc([N+](=O)[O-])cc1. The van der Waals surface area contributed by atoms with E-state index in [1.165, 1.54) is 0 Å². The third-order valence-corrected chi connectivity index (χ3v) is 7.96. The summed E-state index contributed by atoms with van der Waals surface area (Å²) in [6.07, 6.45) is 6.91. The van der Waals surface area contributed by atoms with E-state index in [-0.39, 0.29) is 22.1 Å². The molecule has 0 saturated carbocycles. The van der Waals surface area contributed by atoms with Gasteiger partial charge >= 0.3 is 0 Å². The smallest absolute Gasteiger partial charge is 0.269 e. The maximum absolute atomic E-state index is 13.8. The molecule has 2 heterocycles. The molecule has 1 atom stereocenters. The van der Waals surface area contributed by atoms with Gasteiger partial charge in [0.15, 0.2) is 0 Å². The third kappa shape index (κ3) is 5.71. The maximum atomic E-state index is 13.8. The third-order valence-electron chi connectivity index (χ3n) is 7.96. The molecule has 0 spiro atoms. The van der Waals surface area contributed by atoms with Crippen LogP contribution in [0.4, 0.5) is 5.69 Å². The predicted molar refractivity (Wildman–Crippen MR) is 153 cm³/mol. The van der Waals surface area contributed by atoms with Gasteiger partial charge in [-0.1, -0.05) is 68.3 Å². The highest BCUT2D eigenvalue weighted by molar-refractivity contribution is 6.07. The molecule has 1 aliphatic heterocycles. The summed E-state index contributed by atoms with van der Waals surface area (Å²) in [5, 5.41) is 13.1. The summed E-state index contributed by atoms with van der Waals surface area (Å²) in [5.74, 6) is 0.0948. The highest BCUT2D eigenvalue weighted by Gasteiger charge is 2.39. The van der Waals surface area contributed by atoms with Crippen molar-refractivity contribution in [3.05, 3.63) is 106 Å². The van der Waals surface area contributed by atoms with Crippen molar-refractivity contribution in [1.29, 1.82) is 0 Å². The van der Waals surface area contributed by atoms with Gasteiger partial charge in [-0.15, -0.1) is 0 Å². The van der Waals surface area contributed by atoms with Gasteiger partial charge in [0.2, 0.25) is 0 Å². The zero-order chi connectivity index (χ0) is 27.4. The van der Waals surface area contributed by atoms with Crippen LogP contribution in [0.5, 0.6) is 0 Å². The van der Waals surface area contributed by atoms with Gasteiger partial charge in [-0.3, -0.25) is 19.8 Å². The number of nitro benzene ring substituents is 1. The zero-order valence-corrected chi connectivity index (χ0v) is 22.6. The second-order valence-electron chi connectivity index (χ2n) is 10.7. The number of unbranched alkanes of at least 4 members (excludes halogenated alkanes) is 1. The molecule has 8 heteroatoms. The van der Waals surface area contributed by atoms with Crippen molar-refractivity contribution in [3.63, 3.8) is 0 Å². The molecular weight excluding hydrogens is 490 g/mol. The molecule has 1 amide bonds.